The first-order valence-electron chi connectivity index (χ1n) is 13.8. The number of benzene rings is 3. The van der Waals surface area contributed by atoms with E-state index in [9.17, 15) is 19.5 Å². The lowest BCUT2D eigenvalue weighted by molar-refractivity contribution is -0.139. The van der Waals surface area contributed by atoms with Gasteiger partial charge in [0.2, 0.25) is 5.82 Å². The maximum absolute atomic E-state index is 15.2. The van der Waals surface area contributed by atoms with Crippen molar-refractivity contribution >= 4 is 23.7 Å². The molecule has 12 nitrogen and oxygen atoms in total. The van der Waals surface area contributed by atoms with Gasteiger partial charge in [-0.1, -0.05) is 41.6 Å². The number of carbonyl (C=O) groups excluding carboxylic acids is 2. The topological polar surface area (TPSA) is 172 Å². The highest BCUT2D eigenvalue weighted by Crippen LogP contribution is 2.26. The monoisotopic (exact) mass is 612 g/mol. The maximum atomic E-state index is 15.2. The summed E-state index contributed by atoms with van der Waals surface area (Å²) in [4.78, 5) is 48.0. The number of carbonyl (C=O) groups is 3. The Labute approximate surface area is 256 Å². The van der Waals surface area contributed by atoms with Crippen LogP contribution < -0.4 is 10.6 Å². The molecule has 0 aliphatic rings. The van der Waals surface area contributed by atoms with E-state index in [-0.39, 0.29) is 29.4 Å². The number of hydrogen-bond acceptors (Lipinski definition) is 8. The highest BCUT2D eigenvalue weighted by Gasteiger charge is 2.24. The second-order valence-corrected chi connectivity index (χ2v) is 11.0. The van der Waals surface area contributed by atoms with E-state index in [1.807, 2.05) is 30.3 Å². The highest BCUT2D eigenvalue weighted by molar-refractivity contribution is 5.95. The van der Waals surface area contributed by atoms with Gasteiger partial charge in [-0.05, 0) is 62.7 Å². The minimum atomic E-state index is -1.34. The highest BCUT2D eigenvalue weighted by atomic mass is 19.1. The molecule has 0 spiro atoms. The van der Waals surface area contributed by atoms with Crippen LogP contribution >= 0.6 is 0 Å². The summed E-state index contributed by atoms with van der Waals surface area (Å²) in [6.07, 6.45) is 0.542. The fraction of sp³-hybridized carbons (Fsp3) is 0.188. The van der Waals surface area contributed by atoms with Crippen molar-refractivity contribution < 1.29 is 33.1 Å². The number of aromatic amines is 1. The molecule has 3 aromatic carbocycles. The Morgan fingerprint density at radius 3 is 2.42 bits per heavy atom. The second-order valence-electron chi connectivity index (χ2n) is 11.0. The van der Waals surface area contributed by atoms with Crippen molar-refractivity contribution in [1.29, 1.82) is 0 Å². The predicted octanol–water partition coefficient (Wildman–Crippen LogP) is 5.71. The molecule has 5 rings (SSSR count). The normalized spacial score (nSPS) is 11.9. The maximum Gasteiger partial charge on any atom is 0.412 e. The van der Waals surface area contributed by atoms with Crippen LogP contribution in [-0.4, -0.2) is 54.8 Å². The number of aromatic nitrogens is 4. The van der Waals surface area contributed by atoms with Gasteiger partial charge >= 0.3 is 12.1 Å². The van der Waals surface area contributed by atoms with Gasteiger partial charge in [-0.15, -0.1) is 0 Å². The molecule has 2 heterocycles. The number of nitrogens with zero attached hydrogens (tertiary/aromatic N) is 3. The Hall–Kier alpha value is -5.85. The number of rotatable bonds is 9. The van der Waals surface area contributed by atoms with Crippen LogP contribution in [0.3, 0.4) is 0 Å². The molecule has 0 saturated heterocycles. The van der Waals surface area contributed by atoms with Gasteiger partial charge in [0, 0.05) is 23.2 Å². The molecule has 0 bridgehead atoms. The van der Waals surface area contributed by atoms with E-state index >= 15 is 4.39 Å². The third-order valence-corrected chi connectivity index (χ3v) is 6.39. The number of carboxylic acid groups (broad SMARTS) is 1. The first-order valence-corrected chi connectivity index (χ1v) is 13.8. The molecule has 5 aromatic rings. The molecule has 0 saturated carbocycles. The number of nitrogens with one attached hydrogen (secondary N) is 3. The molecule has 45 heavy (non-hydrogen) atoms. The Bertz CT molecular complexity index is 1830. The molecule has 2 amide bonds. The van der Waals surface area contributed by atoms with Crippen LogP contribution in [0.1, 0.15) is 36.8 Å². The number of hydrogen-bond donors (Lipinski definition) is 4. The van der Waals surface area contributed by atoms with Gasteiger partial charge < -0.3 is 24.7 Å². The van der Waals surface area contributed by atoms with Crippen LogP contribution in [-0.2, 0) is 16.0 Å². The Balaban J connectivity index is 1.23. The molecule has 13 heteroatoms. The molecule has 1 unspecified atom stereocenters. The lowest BCUT2D eigenvalue weighted by atomic mass is 10.0. The first kappa shape index (κ1) is 30.6. The molecule has 230 valence electrons. The predicted molar refractivity (Wildman–Crippen MR) is 162 cm³/mol. The van der Waals surface area contributed by atoms with E-state index in [0.717, 1.165) is 11.6 Å². The average Bonchev–Trinajstić information content (AvgIpc) is 3.68. The molecule has 0 radical (unpaired) electrons. The van der Waals surface area contributed by atoms with Gasteiger partial charge in [-0.2, -0.15) is 4.98 Å². The van der Waals surface area contributed by atoms with Crippen LogP contribution in [0.5, 0.6) is 0 Å². The Morgan fingerprint density at radius 1 is 1.02 bits per heavy atom. The minimum absolute atomic E-state index is 0.0124. The van der Waals surface area contributed by atoms with Gasteiger partial charge in [0.1, 0.15) is 29.0 Å². The number of carboxylic acids is 1. The van der Waals surface area contributed by atoms with E-state index in [4.69, 9.17) is 9.26 Å². The van der Waals surface area contributed by atoms with Crippen molar-refractivity contribution in [2.24, 2.45) is 0 Å². The summed E-state index contributed by atoms with van der Waals surface area (Å²) in [5.74, 6) is -2.08. The summed E-state index contributed by atoms with van der Waals surface area (Å²) in [7, 11) is 0. The summed E-state index contributed by atoms with van der Waals surface area (Å²) in [6, 6.07) is 18.5. The fourth-order valence-corrected chi connectivity index (χ4v) is 4.29. The van der Waals surface area contributed by atoms with Crippen LogP contribution in [0.25, 0.3) is 34.2 Å². The fourth-order valence-electron chi connectivity index (χ4n) is 4.29. The Morgan fingerprint density at radius 2 is 1.76 bits per heavy atom. The van der Waals surface area contributed by atoms with Crippen molar-refractivity contribution in [3.05, 3.63) is 96.1 Å². The van der Waals surface area contributed by atoms with Crippen LogP contribution in [0.15, 0.2) is 83.5 Å². The number of ether oxygens (including phenoxy) is 1. The molecule has 2 aromatic heterocycles. The number of halogens is 1. The zero-order valence-electron chi connectivity index (χ0n) is 24.5. The molecule has 0 fully saturated rings. The van der Waals surface area contributed by atoms with Crippen molar-refractivity contribution in [3.8, 4) is 34.2 Å². The van der Waals surface area contributed by atoms with Crippen molar-refractivity contribution in [3.63, 3.8) is 0 Å². The summed E-state index contributed by atoms with van der Waals surface area (Å²) >= 11 is 0. The molecule has 0 aliphatic carbocycles. The van der Waals surface area contributed by atoms with Crippen molar-refractivity contribution in [2.75, 3.05) is 5.32 Å². The SMILES string of the molecule is CC(C)(C)OC(=O)Nc1ccc(-c2nc(-c3ccc(CC(NC(=O)c4cnc(-c5ccccc5)[nH]4)C(=O)O)cc3F)no2)cc1. The van der Waals surface area contributed by atoms with Gasteiger partial charge in [-0.25, -0.2) is 19.0 Å². The standard InChI is InChI=1S/C32H29FN6O6/c1-32(2,3)44-31(43)35-21-12-10-20(11-13-21)29-38-27(39-45-29)22-14-9-18(15-23(22)33)16-24(30(41)42)37-28(40)25-17-34-26(36-25)19-7-5-4-6-8-19/h4-15,17,24H,16H2,1-3H3,(H,34,36)(H,35,43)(H,37,40)(H,41,42). The van der Waals surface area contributed by atoms with Crippen LogP contribution in [0.2, 0.25) is 0 Å². The number of imidazole rings is 1. The third-order valence-electron chi connectivity index (χ3n) is 6.39. The summed E-state index contributed by atoms with van der Waals surface area (Å²) in [5.41, 5.74) is 1.61. The summed E-state index contributed by atoms with van der Waals surface area (Å²) < 4.78 is 25.7. The molecule has 0 aliphatic heterocycles. The van der Waals surface area contributed by atoms with E-state index in [0.29, 0.717) is 22.6 Å². The number of aliphatic carboxylic acids is 1. The van der Waals surface area contributed by atoms with E-state index in [2.05, 4.69) is 30.7 Å². The lowest BCUT2D eigenvalue weighted by Crippen LogP contribution is -2.42. The summed E-state index contributed by atoms with van der Waals surface area (Å²) in [5, 5.41) is 18.7. The van der Waals surface area contributed by atoms with Gasteiger partial charge in [-0.3, -0.25) is 10.1 Å². The van der Waals surface area contributed by atoms with Crippen molar-refractivity contribution in [1.82, 2.24) is 25.4 Å². The van der Waals surface area contributed by atoms with Crippen molar-refractivity contribution in [2.45, 2.75) is 38.8 Å². The quantitative estimate of drug-likeness (QED) is 0.163. The van der Waals surface area contributed by atoms with E-state index in [1.165, 1.54) is 18.3 Å². The molecular formula is C32H29FN6O6. The number of amides is 2. The molecular weight excluding hydrogens is 583 g/mol. The third kappa shape index (κ3) is 7.76. The van der Waals surface area contributed by atoms with Gasteiger partial charge in [0.05, 0.1) is 11.8 Å². The zero-order valence-corrected chi connectivity index (χ0v) is 24.5. The van der Waals surface area contributed by atoms with Crippen LogP contribution in [0, 0.1) is 5.82 Å². The largest absolute Gasteiger partial charge is 0.480 e. The van der Waals surface area contributed by atoms with E-state index < -0.39 is 35.4 Å². The van der Waals surface area contributed by atoms with Gasteiger partial charge in [0.25, 0.3) is 11.8 Å². The zero-order chi connectivity index (χ0) is 32.1. The van der Waals surface area contributed by atoms with Gasteiger partial charge in [0.15, 0.2) is 0 Å². The van der Waals surface area contributed by atoms with Crippen LogP contribution in [0.4, 0.5) is 14.9 Å². The van der Waals surface area contributed by atoms with E-state index in [1.54, 1.807) is 45.0 Å². The smallest absolute Gasteiger partial charge is 0.412 e. The molecule has 4 N–H and O–H groups in total. The number of anilines is 1. The second kappa shape index (κ2) is 12.8. The first-order chi connectivity index (χ1) is 21.4. The summed E-state index contributed by atoms with van der Waals surface area (Å²) in [6.45, 7) is 5.28. The minimum Gasteiger partial charge on any atom is -0.480 e. The lowest BCUT2D eigenvalue weighted by Gasteiger charge is -2.19. The average molecular weight is 613 g/mol. The molecule has 1 atom stereocenters. The Kier molecular flexibility index (Phi) is 8.70. The number of H-pyrrole nitrogens is 1.